The number of nitrogens with zero attached hydrogens (tertiary/aromatic N) is 2. The second-order valence-electron chi connectivity index (χ2n) is 8.03. The fourth-order valence-corrected chi connectivity index (χ4v) is 4.10. The molecule has 1 aliphatic rings. The zero-order valence-electron chi connectivity index (χ0n) is 14.5. The first-order valence-corrected chi connectivity index (χ1v) is 9.00. The van der Waals surface area contributed by atoms with E-state index >= 15 is 0 Å². The summed E-state index contributed by atoms with van der Waals surface area (Å²) in [5, 5.41) is 4.76. The lowest BCUT2D eigenvalue weighted by Gasteiger charge is -2.19. The summed E-state index contributed by atoms with van der Waals surface area (Å²) in [6.45, 7) is 18.0. The van der Waals surface area contributed by atoms with Crippen molar-refractivity contribution < 1.29 is 0 Å². The van der Waals surface area contributed by atoms with Gasteiger partial charge in [-0.2, -0.15) is 0 Å². The van der Waals surface area contributed by atoms with Crippen molar-refractivity contribution >= 4 is 16.5 Å². The van der Waals surface area contributed by atoms with E-state index in [1.54, 1.807) is 0 Å². The average molecular weight is 310 g/mol. The average Bonchev–Trinajstić information content (AvgIpc) is 2.92. The first kappa shape index (κ1) is 16.8. The van der Waals surface area contributed by atoms with Crippen molar-refractivity contribution in [3.63, 3.8) is 0 Å². The first-order valence-electron chi connectivity index (χ1n) is 8.19. The smallest absolute Gasteiger partial charge is 0.185 e. The van der Waals surface area contributed by atoms with E-state index in [9.17, 15) is 0 Å². The molecule has 1 fully saturated rings. The van der Waals surface area contributed by atoms with E-state index in [0.29, 0.717) is 5.41 Å². The van der Waals surface area contributed by atoms with Crippen LogP contribution in [0, 0.1) is 5.41 Å². The van der Waals surface area contributed by atoms with Gasteiger partial charge in [-0.15, -0.1) is 11.3 Å². The van der Waals surface area contributed by atoms with E-state index in [1.807, 2.05) is 11.3 Å². The molecule has 4 heteroatoms. The molecule has 120 valence electrons. The highest BCUT2D eigenvalue weighted by molar-refractivity contribution is 7.15. The van der Waals surface area contributed by atoms with Gasteiger partial charge in [0.2, 0.25) is 0 Å². The van der Waals surface area contributed by atoms with Crippen molar-refractivity contribution in [3.8, 4) is 0 Å². The molecule has 1 N–H and O–H groups in total. The molecule has 2 heterocycles. The van der Waals surface area contributed by atoms with E-state index in [1.165, 1.54) is 28.5 Å². The highest BCUT2D eigenvalue weighted by Crippen LogP contribution is 2.38. The van der Waals surface area contributed by atoms with Crippen LogP contribution in [-0.2, 0) is 12.0 Å². The van der Waals surface area contributed by atoms with Crippen molar-refractivity contribution in [3.05, 3.63) is 10.6 Å². The standard InChI is InChI=1S/C17H31N3S/c1-7-9-18-11-13-14(16(2,3)4)19-15(21-13)20-10-8-17(5,6)12-20/h18H,7-12H2,1-6H3. The minimum Gasteiger partial charge on any atom is -0.348 e. The molecule has 0 spiro atoms. The third-order valence-corrected chi connectivity index (χ3v) is 5.17. The van der Waals surface area contributed by atoms with E-state index in [4.69, 9.17) is 4.98 Å². The molecule has 21 heavy (non-hydrogen) atoms. The quantitative estimate of drug-likeness (QED) is 0.827. The van der Waals surface area contributed by atoms with Gasteiger partial charge in [0.25, 0.3) is 0 Å². The number of nitrogens with one attached hydrogen (secondary N) is 1. The summed E-state index contributed by atoms with van der Waals surface area (Å²) < 4.78 is 0. The van der Waals surface area contributed by atoms with E-state index in [-0.39, 0.29) is 5.41 Å². The molecule has 1 aliphatic heterocycles. The molecule has 0 bridgehead atoms. The summed E-state index contributed by atoms with van der Waals surface area (Å²) in [5.74, 6) is 0. The Balaban J connectivity index is 2.20. The second kappa shape index (κ2) is 6.25. The highest BCUT2D eigenvalue weighted by Gasteiger charge is 2.32. The van der Waals surface area contributed by atoms with Crippen molar-refractivity contribution in [2.24, 2.45) is 5.41 Å². The Kier molecular flexibility index (Phi) is 4.99. The summed E-state index contributed by atoms with van der Waals surface area (Å²) in [4.78, 5) is 8.90. The first-order chi connectivity index (χ1) is 9.73. The summed E-state index contributed by atoms with van der Waals surface area (Å²) in [6.07, 6.45) is 2.44. The second-order valence-corrected chi connectivity index (χ2v) is 9.09. The molecule has 1 aromatic rings. The summed E-state index contributed by atoms with van der Waals surface area (Å²) >= 11 is 1.89. The van der Waals surface area contributed by atoms with Crippen LogP contribution in [0.25, 0.3) is 0 Å². The number of rotatable bonds is 5. The SMILES string of the molecule is CCCNCc1sc(N2CCC(C)(C)C2)nc1C(C)(C)C. The molecule has 1 saturated heterocycles. The molecule has 1 aromatic heterocycles. The number of anilines is 1. The number of hydrogen-bond donors (Lipinski definition) is 1. The predicted molar refractivity (Wildman–Crippen MR) is 93.4 cm³/mol. The molecule has 0 saturated carbocycles. The fourth-order valence-electron chi connectivity index (χ4n) is 2.83. The van der Waals surface area contributed by atoms with Gasteiger partial charge in [-0.3, -0.25) is 0 Å². The number of thiazole rings is 1. The van der Waals surface area contributed by atoms with Crippen LogP contribution in [0.1, 0.15) is 65.0 Å². The molecule has 0 radical (unpaired) electrons. The maximum absolute atomic E-state index is 5.01. The molecular weight excluding hydrogens is 278 g/mol. The monoisotopic (exact) mass is 309 g/mol. The van der Waals surface area contributed by atoms with Crippen LogP contribution in [0.5, 0.6) is 0 Å². The topological polar surface area (TPSA) is 28.2 Å². The lowest BCUT2D eigenvalue weighted by molar-refractivity contribution is 0.418. The number of aromatic nitrogens is 1. The minimum atomic E-state index is 0.118. The lowest BCUT2D eigenvalue weighted by atomic mass is 9.91. The Labute approximate surface area is 134 Å². The molecule has 0 aromatic carbocycles. The van der Waals surface area contributed by atoms with Crippen LogP contribution in [0.15, 0.2) is 0 Å². The Morgan fingerprint density at radius 3 is 2.57 bits per heavy atom. The Bertz CT molecular complexity index is 471. The minimum absolute atomic E-state index is 0.118. The zero-order chi connectivity index (χ0) is 15.7. The van der Waals surface area contributed by atoms with Gasteiger partial charge >= 0.3 is 0 Å². The van der Waals surface area contributed by atoms with Crippen molar-refractivity contribution in [1.29, 1.82) is 0 Å². The van der Waals surface area contributed by atoms with Gasteiger partial charge in [0.1, 0.15) is 0 Å². The van der Waals surface area contributed by atoms with Crippen LogP contribution >= 0.6 is 11.3 Å². The zero-order valence-corrected chi connectivity index (χ0v) is 15.4. The van der Waals surface area contributed by atoms with E-state index in [0.717, 1.165) is 26.2 Å². The fraction of sp³-hybridized carbons (Fsp3) is 0.824. The molecule has 0 amide bonds. The lowest BCUT2D eigenvalue weighted by Crippen LogP contribution is -2.23. The summed E-state index contributed by atoms with van der Waals surface area (Å²) in [6, 6.07) is 0. The Morgan fingerprint density at radius 2 is 2.05 bits per heavy atom. The molecule has 0 atom stereocenters. The highest BCUT2D eigenvalue weighted by atomic mass is 32.1. The van der Waals surface area contributed by atoms with Crippen molar-refractivity contribution in [2.75, 3.05) is 24.5 Å². The van der Waals surface area contributed by atoms with Gasteiger partial charge in [-0.1, -0.05) is 41.5 Å². The van der Waals surface area contributed by atoms with Crippen LogP contribution < -0.4 is 10.2 Å². The van der Waals surface area contributed by atoms with Gasteiger partial charge in [0.05, 0.1) is 5.69 Å². The third-order valence-electron chi connectivity index (χ3n) is 4.06. The summed E-state index contributed by atoms with van der Waals surface area (Å²) in [5.41, 5.74) is 1.82. The van der Waals surface area contributed by atoms with Gasteiger partial charge in [-0.05, 0) is 24.8 Å². The molecule has 0 unspecified atom stereocenters. The Hall–Kier alpha value is -0.610. The third kappa shape index (κ3) is 4.19. The van der Waals surface area contributed by atoms with Gasteiger partial charge in [0.15, 0.2) is 5.13 Å². The maximum Gasteiger partial charge on any atom is 0.185 e. The maximum atomic E-state index is 5.01. The van der Waals surface area contributed by atoms with Crippen LogP contribution in [0.4, 0.5) is 5.13 Å². The van der Waals surface area contributed by atoms with Crippen molar-refractivity contribution in [1.82, 2.24) is 10.3 Å². The molecular formula is C17H31N3S. The van der Waals surface area contributed by atoms with Gasteiger partial charge < -0.3 is 10.2 Å². The number of hydrogen-bond acceptors (Lipinski definition) is 4. The van der Waals surface area contributed by atoms with Crippen LogP contribution in [0.2, 0.25) is 0 Å². The largest absolute Gasteiger partial charge is 0.348 e. The molecule has 2 rings (SSSR count). The van der Waals surface area contributed by atoms with Gasteiger partial charge in [0, 0.05) is 29.9 Å². The van der Waals surface area contributed by atoms with E-state index < -0.39 is 0 Å². The summed E-state index contributed by atoms with van der Waals surface area (Å²) in [7, 11) is 0. The van der Waals surface area contributed by atoms with Crippen LogP contribution in [0.3, 0.4) is 0 Å². The normalized spacial score (nSPS) is 18.5. The molecule has 0 aliphatic carbocycles. The van der Waals surface area contributed by atoms with Crippen molar-refractivity contribution in [2.45, 2.75) is 66.3 Å². The predicted octanol–water partition coefficient (Wildman–Crippen LogP) is 4.18. The molecule has 3 nitrogen and oxygen atoms in total. The Morgan fingerprint density at radius 1 is 1.33 bits per heavy atom. The van der Waals surface area contributed by atoms with E-state index in [2.05, 4.69) is 51.8 Å². The van der Waals surface area contributed by atoms with Crippen LogP contribution in [-0.4, -0.2) is 24.6 Å². The van der Waals surface area contributed by atoms with Gasteiger partial charge in [-0.25, -0.2) is 4.98 Å².